The van der Waals surface area contributed by atoms with Crippen LogP contribution in [0.25, 0.3) is 0 Å². The lowest BCUT2D eigenvalue weighted by molar-refractivity contribution is -0.161. The van der Waals surface area contributed by atoms with Gasteiger partial charge in [-0.1, -0.05) is 348 Å². The number of carbonyl (C=O) groups excluding carboxylic acids is 4. The molecule has 3 N–H and O–H groups in total. The van der Waals surface area contributed by atoms with Gasteiger partial charge in [-0.15, -0.1) is 0 Å². The molecule has 0 amide bonds. The zero-order chi connectivity index (χ0) is 73.5. The predicted molar refractivity (Wildman–Crippen MR) is 409 cm³/mol. The molecule has 0 saturated carbocycles. The Morgan fingerprint density at radius 2 is 0.540 bits per heavy atom. The number of aliphatic hydroxyl groups excluding tert-OH is 1. The van der Waals surface area contributed by atoms with Crippen molar-refractivity contribution >= 4 is 39.5 Å². The maximum absolute atomic E-state index is 13.1. The van der Waals surface area contributed by atoms with Gasteiger partial charge in [-0.25, -0.2) is 9.13 Å². The number of ether oxygens (including phenoxy) is 4. The Bertz CT molecular complexity index is 2020. The number of allylic oxidation sites excluding steroid dienone is 4. The summed E-state index contributed by atoms with van der Waals surface area (Å²) in [4.78, 5) is 72.8. The SMILES string of the molecule is CCCCCC/C=C\C=C/CCCCCCCC(=O)O[C@H](COC(=O)CCCCCCCCC)COP(=O)(O)OC[C@H](O)COP(=O)(O)OC[C@@H](COC(=O)CCCCCCCCCCCCCCCCCCC(C)C)OC(=O)CCCCCCCCCCCCCCCCCCC(C)C. The van der Waals surface area contributed by atoms with E-state index in [0.717, 1.165) is 127 Å². The van der Waals surface area contributed by atoms with Gasteiger partial charge in [0.25, 0.3) is 0 Å². The molecule has 0 rings (SSSR count). The molecule has 2 unspecified atom stereocenters. The Labute approximate surface area is 612 Å². The summed E-state index contributed by atoms with van der Waals surface area (Å²) in [5.41, 5.74) is 0. The van der Waals surface area contributed by atoms with Gasteiger partial charge in [-0.2, -0.15) is 0 Å². The average molecular weight is 1460 g/mol. The van der Waals surface area contributed by atoms with E-state index in [0.29, 0.717) is 25.7 Å². The van der Waals surface area contributed by atoms with Gasteiger partial charge in [0.05, 0.1) is 26.4 Å². The number of hydrogen-bond donors (Lipinski definition) is 3. The molecule has 0 spiro atoms. The van der Waals surface area contributed by atoms with E-state index < -0.39 is 97.5 Å². The molecule has 0 bridgehead atoms. The fourth-order valence-electron chi connectivity index (χ4n) is 12.0. The fourth-order valence-corrected chi connectivity index (χ4v) is 13.6. The summed E-state index contributed by atoms with van der Waals surface area (Å²) in [6, 6.07) is 0. The summed E-state index contributed by atoms with van der Waals surface area (Å²) < 4.78 is 68.5. The Balaban J connectivity index is 5.21. The standard InChI is InChI=1S/C81H154O17P2/c1-7-9-11-13-15-16-17-18-23-31-36-41-47-53-59-65-80(85)97-76(69-91-78(83)63-57-51-43-14-12-10-8-2)71-95-99(87,88)93-67-75(82)68-94-100(89,90)96-72-77(98-81(86)66-60-54-48-42-37-32-27-22-20-25-29-34-39-45-50-56-62-74(5)6)70-92-79(84)64-58-52-46-40-35-30-26-21-19-24-28-33-38-44-49-55-61-73(3)4/h16-18,23,73-77,82H,7-15,19-22,24-72H2,1-6H3,(H,87,88)(H,89,90)/b17-16-,23-18-/t75-,76+,77+/m0/s1. The molecule has 0 aliphatic heterocycles. The van der Waals surface area contributed by atoms with Crippen molar-refractivity contribution in [1.82, 2.24) is 0 Å². The summed E-state index contributed by atoms with van der Waals surface area (Å²) >= 11 is 0. The third kappa shape index (κ3) is 73.8. The number of rotatable bonds is 78. The first-order valence-electron chi connectivity index (χ1n) is 41.3. The second-order valence-electron chi connectivity index (χ2n) is 29.4. The van der Waals surface area contributed by atoms with E-state index >= 15 is 0 Å². The molecule has 0 saturated heterocycles. The van der Waals surface area contributed by atoms with Gasteiger partial charge in [-0.05, 0) is 63.2 Å². The van der Waals surface area contributed by atoms with E-state index in [1.807, 2.05) is 0 Å². The van der Waals surface area contributed by atoms with Crippen molar-refractivity contribution in [3.63, 3.8) is 0 Å². The van der Waals surface area contributed by atoms with E-state index in [1.165, 1.54) is 193 Å². The highest BCUT2D eigenvalue weighted by Gasteiger charge is 2.30. The van der Waals surface area contributed by atoms with E-state index in [-0.39, 0.29) is 25.7 Å². The van der Waals surface area contributed by atoms with Gasteiger partial charge in [0.15, 0.2) is 12.2 Å². The zero-order valence-electron chi connectivity index (χ0n) is 65.0. The highest BCUT2D eigenvalue weighted by Crippen LogP contribution is 2.45. The number of esters is 4. The molecule has 0 aromatic heterocycles. The van der Waals surface area contributed by atoms with E-state index in [4.69, 9.17) is 37.0 Å². The molecule has 0 aromatic carbocycles. The van der Waals surface area contributed by atoms with Gasteiger partial charge in [0, 0.05) is 25.7 Å². The largest absolute Gasteiger partial charge is 0.472 e. The quantitative estimate of drug-likeness (QED) is 0.0169. The van der Waals surface area contributed by atoms with Gasteiger partial charge >= 0.3 is 39.5 Å². The molecule has 17 nitrogen and oxygen atoms in total. The van der Waals surface area contributed by atoms with Crippen LogP contribution in [0.15, 0.2) is 24.3 Å². The smallest absolute Gasteiger partial charge is 0.462 e. The number of aliphatic hydroxyl groups is 1. The number of carbonyl (C=O) groups is 4. The van der Waals surface area contributed by atoms with Crippen molar-refractivity contribution < 1.29 is 80.2 Å². The van der Waals surface area contributed by atoms with Crippen LogP contribution in [0.3, 0.4) is 0 Å². The summed E-state index contributed by atoms with van der Waals surface area (Å²) in [5.74, 6) is -0.525. The maximum atomic E-state index is 13.1. The number of phosphoric acid groups is 2. The lowest BCUT2D eigenvalue weighted by Crippen LogP contribution is -2.30. The van der Waals surface area contributed by atoms with Crippen LogP contribution in [0.2, 0.25) is 0 Å². The second-order valence-corrected chi connectivity index (χ2v) is 32.3. The first kappa shape index (κ1) is 97.5. The van der Waals surface area contributed by atoms with E-state index in [2.05, 4.69) is 65.8 Å². The minimum Gasteiger partial charge on any atom is -0.462 e. The molecular formula is C81H154O17P2. The fraction of sp³-hybridized carbons (Fsp3) is 0.901. The normalized spacial score (nSPS) is 14.1. The summed E-state index contributed by atoms with van der Waals surface area (Å²) in [6.45, 7) is 9.58. The summed E-state index contributed by atoms with van der Waals surface area (Å²) in [5, 5.41) is 10.6. The topological polar surface area (TPSA) is 237 Å². The molecular weight excluding hydrogens is 1310 g/mol. The van der Waals surface area contributed by atoms with Crippen LogP contribution in [-0.4, -0.2) is 96.7 Å². The molecule has 0 heterocycles. The Morgan fingerprint density at radius 1 is 0.310 bits per heavy atom. The van der Waals surface area contributed by atoms with Crippen LogP contribution in [-0.2, 0) is 65.4 Å². The van der Waals surface area contributed by atoms with Gasteiger partial charge in [-0.3, -0.25) is 37.3 Å². The van der Waals surface area contributed by atoms with Crippen LogP contribution in [0.4, 0.5) is 0 Å². The third-order valence-electron chi connectivity index (χ3n) is 18.3. The number of hydrogen-bond acceptors (Lipinski definition) is 15. The Kier molecular flexibility index (Phi) is 70.3. The zero-order valence-corrected chi connectivity index (χ0v) is 66.8. The Morgan fingerprint density at radius 3 is 0.820 bits per heavy atom. The summed E-state index contributed by atoms with van der Waals surface area (Å²) in [6.07, 6.45) is 64.8. The number of phosphoric ester groups is 2. The summed E-state index contributed by atoms with van der Waals surface area (Å²) in [7, 11) is -9.93. The predicted octanol–water partition coefficient (Wildman–Crippen LogP) is 23.8. The van der Waals surface area contributed by atoms with Gasteiger partial charge in [0.2, 0.25) is 0 Å². The van der Waals surface area contributed by atoms with Gasteiger partial charge in [0.1, 0.15) is 19.3 Å². The van der Waals surface area contributed by atoms with E-state index in [1.54, 1.807) is 0 Å². The first-order chi connectivity index (χ1) is 48.4. The maximum Gasteiger partial charge on any atom is 0.472 e. The molecule has 0 radical (unpaired) electrons. The molecule has 0 fully saturated rings. The Hall–Kier alpha value is -2.46. The highest BCUT2D eigenvalue weighted by atomic mass is 31.2. The van der Waals surface area contributed by atoms with Gasteiger partial charge < -0.3 is 33.8 Å². The molecule has 19 heteroatoms. The van der Waals surface area contributed by atoms with Crippen molar-refractivity contribution in [2.24, 2.45) is 11.8 Å². The van der Waals surface area contributed by atoms with E-state index in [9.17, 15) is 43.2 Å². The molecule has 100 heavy (non-hydrogen) atoms. The van der Waals surface area contributed by atoms with Crippen LogP contribution in [0.1, 0.15) is 401 Å². The minimum atomic E-state index is -4.97. The van der Waals surface area contributed by atoms with Crippen molar-refractivity contribution in [1.29, 1.82) is 0 Å². The van der Waals surface area contributed by atoms with Crippen molar-refractivity contribution in [3.05, 3.63) is 24.3 Å². The minimum absolute atomic E-state index is 0.0848. The third-order valence-corrected chi connectivity index (χ3v) is 20.2. The molecule has 590 valence electrons. The highest BCUT2D eigenvalue weighted by molar-refractivity contribution is 7.47. The van der Waals surface area contributed by atoms with Crippen molar-refractivity contribution in [3.8, 4) is 0 Å². The second kappa shape index (κ2) is 72.1. The monoisotopic (exact) mass is 1460 g/mol. The van der Waals surface area contributed by atoms with Crippen molar-refractivity contribution in [2.45, 2.75) is 419 Å². The first-order valence-corrected chi connectivity index (χ1v) is 44.3. The van der Waals surface area contributed by atoms with Crippen LogP contribution in [0, 0.1) is 11.8 Å². The molecule has 0 aliphatic carbocycles. The average Bonchev–Trinajstić information content (AvgIpc) is 0.927. The van der Waals surface area contributed by atoms with Crippen molar-refractivity contribution in [2.75, 3.05) is 39.6 Å². The molecule has 0 aromatic rings. The number of unbranched alkanes of at least 4 members (excludes halogenated alkanes) is 45. The lowest BCUT2D eigenvalue weighted by Gasteiger charge is -2.21. The molecule has 0 aliphatic rings. The van der Waals surface area contributed by atoms with Crippen LogP contribution < -0.4 is 0 Å². The van der Waals surface area contributed by atoms with Crippen LogP contribution >= 0.6 is 15.6 Å². The molecule has 5 atom stereocenters. The van der Waals surface area contributed by atoms with Crippen LogP contribution in [0.5, 0.6) is 0 Å². The lowest BCUT2D eigenvalue weighted by atomic mass is 10.0.